The molecule has 3 rings (SSSR count). The van der Waals surface area contributed by atoms with Crippen molar-refractivity contribution in [2.75, 3.05) is 29.2 Å². The van der Waals surface area contributed by atoms with Gasteiger partial charge in [0.05, 0.1) is 6.61 Å². The Balaban J connectivity index is 1.54. The molecular formula is C19H21N5O2S. The van der Waals surface area contributed by atoms with E-state index in [0.717, 1.165) is 10.9 Å². The van der Waals surface area contributed by atoms with Gasteiger partial charge < -0.3 is 15.0 Å². The van der Waals surface area contributed by atoms with Crippen LogP contribution in [-0.2, 0) is 6.54 Å². The molecule has 0 saturated carbocycles. The molecule has 0 atom stereocenters. The quantitative estimate of drug-likeness (QED) is 0.639. The first-order chi connectivity index (χ1) is 13.1. The van der Waals surface area contributed by atoms with E-state index in [1.54, 1.807) is 24.3 Å². The minimum atomic E-state index is -0.368. The summed E-state index contributed by atoms with van der Waals surface area (Å²) in [7, 11) is 1.94. The molecule has 140 valence electrons. The average Bonchev–Trinajstić information content (AvgIpc) is 3.13. The standard InChI is InChI=1S/C19H21N5O2S/c1-3-26-16-11-9-15(10-12-16)20-17(25)21-18-22-23-19(27-18)24(2)13-14-7-5-4-6-8-14/h4-12H,3,13H2,1-2H3,(H2,20,21,22,25). The van der Waals surface area contributed by atoms with Gasteiger partial charge in [0.2, 0.25) is 10.3 Å². The third-order valence-electron chi connectivity index (χ3n) is 3.65. The minimum Gasteiger partial charge on any atom is -0.494 e. The Bertz CT molecular complexity index is 867. The van der Waals surface area contributed by atoms with E-state index in [9.17, 15) is 4.79 Å². The molecule has 0 fully saturated rings. The Labute approximate surface area is 162 Å². The van der Waals surface area contributed by atoms with Crippen molar-refractivity contribution in [1.82, 2.24) is 10.2 Å². The van der Waals surface area contributed by atoms with Crippen LogP contribution in [0.1, 0.15) is 12.5 Å². The van der Waals surface area contributed by atoms with Crippen LogP contribution in [0.15, 0.2) is 54.6 Å². The number of carbonyl (C=O) groups is 1. The Morgan fingerprint density at radius 2 is 1.81 bits per heavy atom. The number of rotatable bonds is 7. The predicted octanol–water partition coefficient (Wildman–Crippen LogP) is 4.22. The van der Waals surface area contributed by atoms with Gasteiger partial charge in [0, 0.05) is 19.3 Å². The number of aromatic nitrogens is 2. The van der Waals surface area contributed by atoms with Crippen molar-refractivity contribution in [3.05, 3.63) is 60.2 Å². The first-order valence-electron chi connectivity index (χ1n) is 8.53. The van der Waals surface area contributed by atoms with Crippen LogP contribution in [0.4, 0.5) is 20.7 Å². The van der Waals surface area contributed by atoms with Crippen LogP contribution < -0.4 is 20.3 Å². The van der Waals surface area contributed by atoms with Gasteiger partial charge in [-0.15, -0.1) is 10.2 Å². The Kier molecular flexibility index (Phi) is 6.22. The summed E-state index contributed by atoms with van der Waals surface area (Å²) in [6.45, 7) is 3.24. The van der Waals surface area contributed by atoms with Gasteiger partial charge in [-0.2, -0.15) is 0 Å². The molecule has 0 spiro atoms. The maximum Gasteiger partial charge on any atom is 0.325 e. The molecule has 0 aliphatic heterocycles. The maximum absolute atomic E-state index is 12.1. The molecule has 8 heteroatoms. The number of ether oxygens (including phenoxy) is 1. The van der Waals surface area contributed by atoms with Gasteiger partial charge >= 0.3 is 6.03 Å². The zero-order chi connectivity index (χ0) is 19.1. The largest absolute Gasteiger partial charge is 0.494 e. The third kappa shape index (κ3) is 5.42. The summed E-state index contributed by atoms with van der Waals surface area (Å²) < 4.78 is 5.38. The number of hydrogen-bond acceptors (Lipinski definition) is 6. The molecule has 2 amide bonds. The lowest BCUT2D eigenvalue weighted by molar-refractivity contribution is 0.262. The van der Waals surface area contributed by atoms with Gasteiger partial charge in [-0.25, -0.2) is 4.79 Å². The second-order valence-electron chi connectivity index (χ2n) is 5.77. The Hall–Kier alpha value is -3.13. The monoisotopic (exact) mass is 383 g/mol. The molecule has 0 radical (unpaired) electrons. The van der Waals surface area contributed by atoms with Crippen molar-refractivity contribution in [3.8, 4) is 5.75 Å². The number of carbonyl (C=O) groups excluding carboxylic acids is 1. The summed E-state index contributed by atoms with van der Waals surface area (Å²) in [5.41, 5.74) is 1.85. The Morgan fingerprint density at radius 3 is 2.52 bits per heavy atom. The zero-order valence-corrected chi connectivity index (χ0v) is 16.0. The summed E-state index contributed by atoms with van der Waals surface area (Å²) in [5, 5.41) is 14.8. The topological polar surface area (TPSA) is 79.4 Å². The number of hydrogen-bond donors (Lipinski definition) is 2. The van der Waals surface area contributed by atoms with E-state index in [2.05, 4.69) is 33.0 Å². The van der Waals surface area contributed by atoms with Crippen LogP contribution in [0.3, 0.4) is 0 Å². The minimum absolute atomic E-state index is 0.368. The molecule has 1 aromatic heterocycles. The lowest BCUT2D eigenvalue weighted by Crippen LogP contribution is -2.19. The van der Waals surface area contributed by atoms with E-state index in [1.807, 2.05) is 37.1 Å². The second kappa shape index (κ2) is 9.00. The number of urea groups is 1. The highest BCUT2D eigenvalue weighted by molar-refractivity contribution is 7.19. The fourth-order valence-corrected chi connectivity index (χ4v) is 3.11. The van der Waals surface area contributed by atoms with Gasteiger partial charge in [-0.1, -0.05) is 41.7 Å². The van der Waals surface area contributed by atoms with Crippen molar-refractivity contribution < 1.29 is 9.53 Å². The number of benzene rings is 2. The van der Waals surface area contributed by atoms with Crippen LogP contribution in [0.25, 0.3) is 0 Å². The van der Waals surface area contributed by atoms with Gasteiger partial charge in [0.1, 0.15) is 5.75 Å². The molecule has 0 aliphatic carbocycles. The third-order valence-corrected chi connectivity index (χ3v) is 4.60. The van der Waals surface area contributed by atoms with Crippen LogP contribution in [0, 0.1) is 0 Å². The first-order valence-corrected chi connectivity index (χ1v) is 9.35. The smallest absolute Gasteiger partial charge is 0.325 e. The summed E-state index contributed by atoms with van der Waals surface area (Å²) in [4.78, 5) is 14.1. The lowest BCUT2D eigenvalue weighted by atomic mass is 10.2. The summed E-state index contributed by atoms with van der Waals surface area (Å²) >= 11 is 1.32. The molecule has 0 unspecified atom stereocenters. The van der Waals surface area contributed by atoms with Crippen molar-refractivity contribution in [1.29, 1.82) is 0 Å². The number of anilines is 3. The van der Waals surface area contributed by atoms with E-state index in [-0.39, 0.29) is 6.03 Å². The molecule has 0 saturated heterocycles. The SMILES string of the molecule is CCOc1ccc(NC(=O)Nc2nnc(N(C)Cc3ccccc3)s2)cc1. The van der Waals surface area contributed by atoms with Gasteiger partial charge in [0.15, 0.2) is 0 Å². The van der Waals surface area contributed by atoms with E-state index in [4.69, 9.17) is 4.74 Å². The van der Waals surface area contributed by atoms with Crippen LogP contribution in [0.2, 0.25) is 0 Å². The van der Waals surface area contributed by atoms with Crippen molar-refractivity contribution >= 4 is 33.3 Å². The fourth-order valence-electron chi connectivity index (χ4n) is 2.41. The molecule has 2 aromatic carbocycles. The van der Waals surface area contributed by atoms with Crippen molar-refractivity contribution in [3.63, 3.8) is 0 Å². The summed E-state index contributed by atoms with van der Waals surface area (Å²) in [5.74, 6) is 0.763. The highest BCUT2D eigenvalue weighted by atomic mass is 32.1. The van der Waals surface area contributed by atoms with Crippen LogP contribution in [0.5, 0.6) is 5.75 Å². The highest BCUT2D eigenvalue weighted by Gasteiger charge is 2.12. The second-order valence-corrected chi connectivity index (χ2v) is 6.72. The van der Waals surface area contributed by atoms with E-state index in [0.29, 0.717) is 24.0 Å². The van der Waals surface area contributed by atoms with Crippen LogP contribution >= 0.6 is 11.3 Å². The summed E-state index contributed by atoms with van der Waals surface area (Å²) in [6.07, 6.45) is 0. The molecule has 1 heterocycles. The highest BCUT2D eigenvalue weighted by Crippen LogP contribution is 2.24. The molecule has 27 heavy (non-hydrogen) atoms. The fraction of sp³-hybridized carbons (Fsp3) is 0.211. The van der Waals surface area contributed by atoms with Gasteiger partial charge in [-0.05, 0) is 36.8 Å². The normalized spacial score (nSPS) is 10.3. The maximum atomic E-state index is 12.1. The van der Waals surface area contributed by atoms with Crippen molar-refractivity contribution in [2.45, 2.75) is 13.5 Å². The van der Waals surface area contributed by atoms with Crippen LogP contribution in [-0.4, -0.2) is 29.9 Å². The molecule has 7 nitrogen and oxygen atoms in total. The molecule has 0 aliphatic rings. The number of nitrogens with one attached hydrogen (secondary N) is 2. The predicted molar refractivity (Wildman–Crippen MR) is 109 cm³/mol. The Morgan fingerprint density at radius 1 is 1.07 bits per heavy atom. The molecule has 2 N–H and O–H groups in total. The van der Waals surface area contributed by atoms with E-state index >= 15 is 0 Å². The lowest BCUT2D eigenvalue weighted by Gasteiger charge is -2.14. The van der Waals surface area contributed by atoms with E-state index < -0.39 is 0 Å². The first kappa shape index (κ1) is 18.7. The summed E-state index contributed by atoms with van der Waals surface area (Å²) in [6, 6.07) is 16.9. The molecular weight excluding hydrogens is 362 g/mol. The average molecular weight is 383 g/mol. The van der Waals surface area contributed by atoms with Gasteiger partial charge in [0.25, 0.3) is 0 Å². The van der Waals surface area contributed by atoms with Gasteiger partial charge in [-0.3, -0.25) is 5.32 Å². The number of amides is 2. The van der Waals surface area contributed by atoms with Crippen molar-refractivity contribution in [2.24, 2.45) is 0 Å². The molecule has 3 aromatic rings. The number of nitrogens with zero attached hydrogens (tertiary/aromatic N) is 3. The zero-order valence-electron chi connectivity index (χ0n) is 15.2. The molecule has 0 bridgehead atoms. The van der Waals surface area contributed by atoms with E-state index in [1.165, 1.54) is 16.9 Å².